The van der Waals surface area contributed by atoms with E-state index in [1.54, 1.807) is 7.11 Å². The van der Waals surface area contributed by atoms with Crippen molar-refractivity contribution < 1.29 is 14.3 Å². The lowest BCUT2D eigenvalue weighted by Gasteiger charge is -2.38. The molecule has 0 saturated carbocycles. The van der Waals surface area contributed by atoms with Gasteiger partial charge in [0.1, 0.15) is 17.1 Å². The maximum atomic E-state index is 12.8. The largest absolute Gasteiger partial charge is 0.497 e. The molecule has 144 valence electrons. The number of carbonyl (C=O) groups excluding carboxylic acids is 1. The van der Waals surface area contributed by atoms with E-state index >= 15 is 0 Å². The monoisotopic (exact) mass is 405 g/mol. The van der Waals surface area contributed by atoms with Gasteiger partial charge in [0, 0.05) is 28.0 Å². The van der Waals surface area contributed by atoms with Gasteiger partial charge < -0.3 is 14.8 Å². The molecule has 1 amide bonds. The van der Waals surface area contributed by atoms with Crippen molar-refractivity contribution in [2.45, 2.75) is 49.0 Å². The Morgan fingerprint density at radius 3 is 2.67 bits per heavy atom. The van der Waals surface area contributed by atoms with E-state index in [2.05, 4.69) is 5.32 Å². The summed E-state index contributed by atoms with van der Waals surface area (Å²) in [5.41, 5.74) is 0.608. The summed E-state index contributed by atoms with van der Waals surface area (Å²) >= 11 is 7.44. The van der Waals surface area contributed by atoms with Crippen molar-refractivity contribution in [3.05, 3.63) is 53.1 Å². The maximum Gasteiger partial charge on any atom is 0.233 e. The molecule has 0 spiro atoms. The van der Waals surface area contributed by atoms with Crippen molar-refractivity contribution in [3.63, 3.8) is 0 Å². The zero-order valence-electron chi connectivity index (χ0n) is 15.9. The lowest BCUT2D eigenvalue weighted by atomic mass is 9.89. The minimum absolute atomic E-state index is 0.000539. The van der Waals surface area contributed by atoms with E-state index < -0.39 is 0 Å². The van der Waals surface area contributed by atoms with Crippen LogP contribution in [-0.4, -0.2) is 23.9 Å². The summed E-state index contributed by atoms with van der Waals surface area (Å²) in [5, 5.41) is 3.66. The third-order valence-electron chi connectivity index (χ3n) is 4.49. The molecule has 0 aliphatic carbocycles. The van der Waals surface area contributed by atoms with Crippen LogP contribution in [0, 0.1) is 0 Å². The SMILES string of the molecule is COc1ccc2c(c1)OC(C)(C)C[C@@H]2NC(=O)[C@H](C)Sc1ccc(Cl)cc1. The molecule has 2 atom stereocenters. The number of methoxy groups -OCH3 is 1. The minimum Gasteiger partial charge on any atom is -0.497 e. The highest BCUT2D eigenvalue weighted by Crippen LogP contribution is 2.41. The Labute approximate surface area is 169 Å². The van der Waals surface area contributed by atoms with E-state index in [0.29, 0.717) is 11.4 Å². The highest BCUT2D eigenvalue weighted by molar-refractivity contribution is 8.00. The van der Waals surface area contributed by atoms with Gasteiger partial charge in [0.05, 0.1) is 18.4 Å². The van der Waals surface area contributed by atoms with Crippen LogP contribution in [0.2, 0.25) is 5.02 Å². The van der Waals surface area contributed by atoms with Gasteiger partial charge in [-0.3, -0.25) is 4.79 Å². The number of carbonyl (C=O) groups is 1. The maximum absolute atomic E-state index is 12.8. The molecular formula is C21H24ClNO3S. The Morgan fingerprint density at radius 1 is 1.30 bits per heavy atom. The number of benzene rings is 2. The Bertz CT molecular complexity index is 823. The zero-order valence-corrected chi connectivity index (χ0v) is 17.5. The standard InChI is InChI=1S/C21H24ClNO3S/c1-13(27-16-8-5-14(22)6-9-16)20(24)23-18-12-21(2,3)26-19-11-15(25-4)7-10-17(18)19/h5-11,13,18H,12H2,1-4H3,(H,23,24)/t13-,18-/m0/s1. The average Bonchev–Trinajstić information content (AvgIpc) is 2.62. The number of fused-ring (bicyclic) bond motifs is 1. The van der Waals surface area contributed by atoms with E-state index in [9.17, 15) is 4.79 Å². The normalized spacial score (nSPS) is 18.8. The van der Waals surface area contributed by atoms with E-state index in [4.69, 9.17) is 21.1 Å². The molecule has 3 rings (SSSR count). The number of rotatable bonds is 5. The first-order valence-electron chi connectivity index (χ1n) is 8.87. The van der Waals surface area contributed by atoms with Crippen LogP contribution in [0.25, 0.3) is 0 Å². The Hall–Kier alpha value is -1.85. The molecule has 1 N–H and O–H groups in total. The molecule has 0 fully saturated rings. The van der Waals surface area contributed by atoms with Crippen LogP contribution >= 0.6 is 23.4 Å². The molecule has 2 aromatic rings. The Morgan fingerprint density at radius 2 is 2.00 bits per heavy atom. The second kappa shape index (κ2) is 8.03. The molecule has 1 aliphatic rings. The molecule has 1 aliphatic heterocycles. The molecule has 0 saturated heterocycles. The van der Waals surface area contributed by atoms with Crippen molar-refractivity contribution in [2.75, 3.05) is 7.11 Å². The quantitative estimate of drug-likeness (QED) is 0.690. The summed E-state index contributed by atoms with van der Waals surface area (Å²) in [6.45, 7) is 5.97. The summed E-state index contributed by atoms with van der Waals surface area (Å²) < 4.78 is 11.4. The fourth-order valence-corrected chi connectivity index (χ4v) is 4.15. The number of ether oxygens (including phenoxy) is 2. The highest BCUT2D eigenvalue weighted by Gasteiger charge is 2.35. The molecular weight excluding hydrogens is 382 g/mol. The van der Waals surface area contributed by atoms with Crippen LogP contribution in [0.4, 0.5) is 0 Å². The molecule has 4 nitrogen and oxygen atoms in total. The van der Waals surface area contributed by atoms with Crippen molar-refractivity contribution in [1.82, 2.24) is 5.32 Å². The van der Waals surface area contributed by atoms with Gasteiger partial charge in [-0.05, 0) is 57.2 Å². The van der Waals surface area contributed by atoms with Gasteiger partial charge in [0.2, 0.25) is 5.91 Å². The van der Waals surface area contributed by atoms with Gasteiger partial charge in [-0.25, -0.2) is 0 Å². The number of nitrogens with one attached hydrogen (secondary N) is 1. The molecule has 0 radical (unpaired) electrons. The van der Waals surface area contributed by atoms with E-state index in [-0.39, 0.29) is 22.8 Å². The highest BCUT2D eigenvalue weighted by atomic mass is 35.5. The Balaban J connectivity index is 1.74. The first-order valence-corrected chi connectivity index (χ1v) is 10.1. The topological polar surface area (TPSA) is 47.6 Å². The third kappa shape index (κ3) is 4.90. The number of halogens is 1. The van der Waals surface area contributed by atoms with Crippen LogP contribution in [0.1, 0.15) is 38.8 Å². The predicted octanol–water partition coefficient (Wildman–Crippen LogP) is 5.25. The first kappa shape index (κ1) is 19.9. The molecule has 2 aromatic carbocycles. The summed E-state index contributed by atoms with van der Waals surface area (Å²) in [7, 11) is 1.63. The van der Waals surface area contributed by atoms with E-state index in [1.807, 2.05) is 63.2 Å². The smallest absolute Gasteiger partial charge is 0.233 e. The molecule has 27 heavy (non-hydrogen) atoms. The van der Waals surface area contributed by atoms with E-state index in [0.717, 1.165) is 22.0 Å². The number of hydrogen-bond acceptors (Lipinski definition) is 4. The summed E-state index contributed by atoms with van der Waals surface area (Å²) in [4.78, 5) is 13.8. The van der Waals surface area contributed by atoms with Gasteiger partial charge >= 0.3 is 0 Å². The molecule has 0 aromatic heterocycles. The second-order valence-electron chi connectivity index (χ2n) is 7.24. The van der Waals surface area contributed by atoms with Crippen molar-refractivity contribution in [3.8, 4) is 11.5 Å². The van der Waals surface area contributed by atoms with Gasteiger partial charge in [-0.2, -0.15) is 0 Å². The lowest BCUT2D eigenvalue weighted by Crippen LogP contribution is -2.43. The van der Waals surface area contributed by atoms with Crippen LogP contribution < -0.4 is 14.8 Å². The van der Waals surface area contributed by atoms with Crippen molar-refractivity contribution >= 4 is 29.3 Å². The lowest BCUT2D eigenvalue weighted by molar-refractivity contribution is -0.121. The fraction of sp³-hybridized carbons (Fsp3) is 0.381. The van der Waals surface area contributed by atoms with Gasteiger partial charge in [-0.15, -0.1) is 11.8 Å². The average molecular weight is 406 g/mol. The second-order valence-corrected chi connectivity index (χ2v) is 9.10. The number of thioether (sulfide) groups is 1. The Kier molecular flexibility index (Phi) is 5.92. The molecule has 0 bridgehead atoms. The number of hydrogen-bond donors (Lipinski definition) is 1. The van der Waals surface area contributed by atoms with Gasteiger partial charge in [0.25, 0.3) is 0 Å². The van der Waals surface area contributed by atoms with Crippen molar-refractivity contribution in [2.24, 2.45) is 0 Å². The molecule has 0 unspecified atom stereocenters. The van der Waals surface area contributed by atoms with E-state index in [1.165, 1.54) is 11.8 Å². The van der Waals surface area contributed by atoms with Crippen LogP contribution in [0.3, 0.4) is 0 Å². The minimum atomic E-state index is -0.371. The molecule has 1 heterocycles. The predicted molar refractivity (Wildman–Crippen MR) is 110 cm³/mol. The van der Waals surface area contributed by atoms with Gasteiger partial charge in [-0.1, -0.05) is 11.6 Å². The van der Waals surface area contributed by atoms with Crippen LogP contribution in [-0.2, 0) is 4.79 Å². The summed E-state index contributed by atoms with van der Waals surface area (Å²) in [5.74, 6) is 1.50. The van der Waals surface area contributed by atoms with Crippen LogP contribution in [0.15, 0.2) is 47.4 Å². The van der Waals surface area contributed by atoms with Crippen molar-refractivity contribution in [1.29, 1.82) is 0 Å². The fourth-order valence-electron chi connectivity index (χ4n) is 3.15. The third-order valence-corrected chi connectivity index (χ3v) is 5.85. The number of amides is 1. The first-order chi connectivity index (χ1) is 12.8. The summed E-state index contributed by atoms with van der Waals surface area (Å²) in [6, 6.07) is 13.2. The summed E-state index contributed by atoms with van der Waals surface area (Å²) in [6.07, 6.45) is 0.705. The zero-order chi connectivity index (χ0) is 19.6. The van der Waals surface area contributed by atoms with Crippen LogP contribution in [0.5, 0.6) is 11.5 Å². The molecule has 6 heteroatoms. The van der Waals surface area contributed by atoms with Gasteiger partial charge in [0.15, 0.2) is 0 Å².